The summed E-state index contributed by atoms with van der Waals surface area (Å²) in [5.74, 6) is 1.49. The van der Waals surface area contributed by atoms with Gasteiger partial charge in [-0.3, -0.25) is 4.90 Å². The molecule has 0 spiro atoms. The Labute approximate surface area is 153 Å². The van der Waals surface area contributed by atoms with Crippen LogP contribution in [0.15, 0.2) is 72.2 Å². The van der Waals surface area contributed by atoms with Crippen LogP contribution in [0.4, 0.5) is 21.9 Å². The molecular weight excluding hydrogens is 346 g/mol. The lowest BCUT2D eigenvalue weighted by Gasteiger charge is -2.28. The number of carbonyl (C=O) groups excluding carboxylic acids is 1. The molecule has 0 saturated heterocycles. The number of para-hydroxylation sites is 1. The van der Waals surface area contributed by atoms with Gasteiger partial charge in [0.2, 0.25) is 0 Å². The predicted molar refractivity (Wildman–Crippen MR) is 104 cm³/mol. The second kappa shape index (κ2) is 5.86. The van der Waals surface area contributed by atoms with Crippen LogP contribution in [-0.4, -0.2) is 11.0 Å². The van der Waals surface area contributed by atoms with Gasteiger partial charge in [-0.1, -0.05) is 18.2 Å². The number of aromatic nitrogens is 1. The predicted octanol–water partition coefficient (Wildman–Crippen LogP) is 5.77. The zero-order valence-corrected chi connectivity index (χ0v) is 14.4. The summed E-state index contributed by atoms with van der Waals surface area (Å²) in [6, 6.07) is 18.8. The van der Waals surface area contributed by atoms with Gasteiger partial charge in [-0.25, -0.2) is 9.78 Å². The number of amides is 2. The molecular formula is C20H13N3O2S. The van der Waals surface area contributed by atoms with Crippen molar-refractivity contribution in [2.75, 3.05) is 10.2 Å². The number of hydrogen-bond donors (Lipinski definition) is 1. The standard InChI is InChI=1S/C20H13N3O2S/c24-20-22-16-12-26-19-18(16)17(10-11-21-19)23(20)13-6-8-15(9-7-13)25-14-4-2-1-3-5-14/h1-12H,(H,22,24). The lowest BCUT2D eigenvalue weighted by molar-refractivity contribution is 0.259. The van der Waals surface area contributed by atoms with Gasteiger partial charge in [0.25, 0.3) is 0 Å². The fraction of sp³-hybridized carbons (Fsp3) is 0. The molecule has 0 bridgehead atoms. The number of hydrogen-bond acceptors (Lipinski definition) is 4. The van der Waals surface area contributed by atoms with Crippen molar-refractivity contribution in [2.45, 2.75) is 0 Å². The van der Waals surface area contributed by atoms with E-state index in [1.165, 1.54) is 11.3 Å². The van der Waals surface area contributed by atoms with E-state index in [1.807, 2.05) is 66.0 Å². The SMILES string of the molecule is O=C1Nc2csc3nccc(c23)N1c1ccc(Oc2ccccc2)cc1. The van der Waals surface area contributed by atoms with E-state index in [0.29, 0.717) is 5.75 Å². The highest BCUT2D eigenvalue weighted by Gasteiger charge is 2.28. The van der Waals surface area contributed by atoms with Crippen LogP contribution >= 0.6 is 11.3 Å². The largest absolute Gasteiger partial charge is 0.457 e. The zero-order valence-electron chi connectivity index (χ0n) is 13.5. The van der Waals surface area contributed by atoms with Crippen LogP contribution in [0.1, 0.15) is 0 Å². The molecule has 6 heteroatoms. The van der Waals surface area contributed by atoms with Gasteiger partial charge in [0.15, 0.2) is 0 Å². The fourth-order valence-corrected chi connectivity index (χ4v) is 3.91. The number of benzene rings is 2. The number of ether oxygens (including phenoxy) is 1. The summed E-state index contributed by atoms with van der Waals surface area (Å²) >= 11 is 1.52. The van der Waals surface area contributed by atoms with Crippen molar-refractivity contribution in [1.29, 1.82) is 0 Å². The average molecular weight is 359 g/mol. The van der Waals surface area contributed by atoms with Gasteiger partial charge in [-0.2, -0.15) is 0 Å². The number of pyridine rings is 1. The van der Waals surface area contributed by atoms with E-state index < -0.39 is 0 Å². The Morgan fingerprint density at radius 1 is 0.962 bits per heavy atom. The van der Waals surface area contributed by atoms with Crippen molar-refractivity contribution >= 4 is 44.6 Å². The highest BCUT2D eigenvalue weighted by atomic mass is 32.1. The van der Waals surface area contributed by atoms with Crippen molar-refractivity contribution in [3.8, 4) is 11.5 Å². The molecule has 0 saturated carbocycles. The molecule has 0 fully saturated rings. The van der Waals surface area contributed by atoms with E-state index in [1.54, 1.807) is 11.1 Å². The molecule has 0 aliphatic carbocycles. The first kappa shape index (κ1) is 14.9. The third-order valence-corrected chi connectivity index (χ3v) is 5.10. The number of carbonyl (C=O) groups is 1. The van der Waals surface area contributed by atoms with E-state index in [-0.39, 0.29) is 6.03 Å². The molecule has 26 heavy (non-hydrogen) atoms. The number of thiophene rings is 1. The van der Waals surface area contributed by atoms with Gasteiger partial charge in [0.1, 0.15) is 16.3 Å². The molecule has 0 atom stereocenters. The molecule has 3 heterocycles. The Bertz CT molecular complexity index is 1110. The first-order chi connectivity index (χ1) is 12.8. The minimum absolute atomic E-state index is 0.180. The molecule has 126 valence electrons. The Kier molecular flexibility index (Phi) is 3.36. The molecule has 4 aromatic rings. The maximum Gasteiger partial charge on any atom is 0.331 e. The van der Waals surface area contributed by atoms with Crippen LogP contribution in [0.5, 0.6) is 11.5 Å². The molecule has 0 radical (unpaired) electrons. The fourth-order valence-electron chi connectivity index (χ4n) is 3.05. The van der Waals surface area contributed by atoms with Crippen molar-refractivity contribution < 1.29 is 9.53 Å². The number of nitrogens with zero attached hydrogens (tertiary/aromatic N) is 2. The van der Waals surface area contributed by atoms with Gasteiger partial charge < -0.3 is 10.1 Å². The van der Waals surface area contributed by atoms with Crippen LogP contribution in [-0.2, 0) is 0 Å². The Hall–Kier alpha value is -3.38. The average Bonchev–Trinajstić information content (AvgIpc) is 3.08. The summed E-state index contributed by atoms with van der Waals surface area (Å²) < 4.78 is 5.82. The van der Waals surface area contributed by atoms with Gasteiger partial charge in [0, 0.05) is 11.6 Å². The van der Waals surface area contributed by atoms with Crippen molar-refractivity contribution in [3.05, 3.63) is 72.2 Å². The van der Waals surface area contributed by atoms with E-state index in [4.69, 9.17) is 4.74 Å². The maximum atomic E-state index is 12.6. The minimum Gasteiger partial charge on any atom is -0.457 e. The molecule has 5 nitrogen and oxygen atoms in total. The Balaban J connectivity index is 1.51. The van der Waals surface area contributed by atoms with Crippen molar-refractivity contribution in [3.63, 3.8) is 0 Å². The third kappa shape index (κ3) is 2.39. The van der Waals surface area contributed by atoms with Gasteiger partial charge in [-0.15, -0.1) is 11.3 Å². The summed E-state index contributed by atoms with van der Waals surface area (Å²) in [6.07, 6.45) is 1.73. The molecule has 1 aliphatic heterocycles. The lowest BCUT2D eigenvalue weighted by Crippen LogP contribution is -2.33. The van der Waals surface area contributed by atoms with E-state index in [0.717, 1.165) is 33.0 Å². The van der Waals surface area contributed by atoms with Crippen LogP contribution < -0.4 is 15.0 Å². The molecule has 0 unspecified atom stereocenters. The quantitative estimate of drug-likeness (QED) is 0.505. The monoisotopic (exact) mass is 359 g/mol. The number of rotatable bonds is 3. The summed E-state index contributed by atoms with van der Waals surface area (Å²) in [5.41, 5.74) is 2.43. The van der Waals surface area contributed by atoms with Gasteiger partial charge in [-0.05, 0) is 42.5 Å². The molecule has 2 aromatic heterocycles. The highest BCUT2D eigenvalue weighted by molar-refractivity contribution is 7.17. The minimum atomic E-state index is -0.180. The summed E-state index contributed by atoms with van der Waals surface area (Å²) in [7, 11) is 0. The summed E-state index contributed by atoms with van der Waals surface area (Å²) in [6.45, 7) is 0. The van der Waals surface area contributed by atoms with Crippen LogP contribution in [0.25, 0.3) is 10.2 Å². The molecule has 2 aromatic carbocycles. The molecule has 5 rings (SSSR count). The molecule has 2 amide bonds. The molecule has 1 N–H and O–H groups in total. The number of anilines is 3. The smallest absolute Gasteiger partial charge is 0.331 e. The van der Waals surface area contributed by atoms with Gasteiger partial charge >= 0.3 is 6.03 Å². The Morgan fingerprint density at radius 3 is 2.54 bits per heavy atom. The first-order valence-electron chi connectivity index (χ1n) is 8.10. The van der Waals surface area contributed by atoms with Crippen LogP contribution in [0, 0.1) is 0 Å². The first-order valence-corrected chi connectivity index (χ1v) is 8.98. The van der Waals surface area contributed by atoms with Crippen LogP contribution in [0.2, 0.25) is 0 Å². The normalized spacial score (nSPS) is 12.9. The second-order valence-corrected chi connectivity index (χ2v) is 6.69. The summed E-state index contributed by atoms with van der Waals surface area (Å²) in [5, 5.41) is 5.83. The van der Waals surface area contributed by atoms with Crippen molar-refractivity contribution in [1.82, 2.24) is 4.98 Å². The van der Waals surface area contributed by atoms with Crippen molar-refractivity contribution in [2.24, 2.45) is 0 Å². The lowest BCUT2D eigenvalue weighted by atomic mass is 10.1. The topological polar surface area (TPSA) is 54.5 Å². The van der Waals surface area contributed by atoms with E-state index in [2.05, 4.69) is 10.3 Å². The highest BCUT2D eigenvalue weighted by Crippen LogP contribution is 2.42. The van der Waals surface area contributed by atoms with Crippen LogP contribution in [0.3, 0.4) is 0 Å². The maximum absolute atomic E-state index is 12.6. The third-order valence-electron chi connectivity index (χ3n) is 4.21. The van der Waals surface area contributed by atoms with Gasteiger partial charge in [0.05, 0.1) is 22.4 Å². The summed E-state index contributed by atoms with van der Waals surface area (Å²) in [4.78, 5) is 19.6. The zero-order chi connectivity index (χ0) is 17.5. The molecule has 1 aliphatic rings. The van der Waals surface area contributed by atoms with E-state index in [9.17, 15) is 4.79 Å². The second-order valence-electron chi connectivity index (χ2n) is 5.83. The number of urea groups is 1. The van der Waals surface area contributed by atoms with E-state index >= 15 is 0 Å². The number of nitrogens with one attached hydrogen (secondary N) is 1. The Morgan fingerprint density at radius 2 is 1.73 bits per heavy atom.